The minimum atomic E-state index is -0.430. The molecule has 5 rings (SSSR count). The fourth-order valence-electron chi connectivity index (χ4n) is 4.27. The average Bonchev–Trinajstić information content (AvgIpc) is 3.16. The van der Waals surface area contributed by atoms with Gasteiger partial charge in [0.2, 0.25) is 0 Å². The van der Waals surface area contributed by atoms with Gasteiger partial charge in [-0.15, -0.1) is 0 Å². The highest BCUT2D eigenvalue weighted by atomic mass is 16.5. The second kappa shape index (κ2) is 8.34. The van der Waals surface area contributed by atoms with Crippen LogP contribution in [0, 0.1) is 6.92 Å². The summed E-state index contributed by atoms with van der Waals surface area (Å²) < 4.78 is 12.7. The zero-order valence-corrected chi connectivity index (χ0v) is 17.7. The summed E-state index contributed by atoms with van der Waals surface area (Å²) in [5.41, 5.74) is 3.47. The van der Waals surface area contributed by atoms with E-state index in [-0.39, 0.29) is 18.6 Å². The third-order valence-corrected chi connectivity index (χ3v) is 5.83. The number of anilines is 1. The van der Waals surface area contributed by atoms with Gasteiger partial charge in [0.15, 0.2) is 6.61 Å². The molecule has 0 fully saturated rings. The quantitative estimate of drug-likeness (QED) is 0.480. The number of hydrogen-bond acceptors (Lipinski definition) is 5. The second-order valence-electron chi connectivity index (χ2n) is 8.02. The number of ether oxygens (including phenoxy) is 1. The minimum absolute atomic E-state index is 0.0910. The van der Waals surface area contributed by atoms with Crippen molar-refractivity contribution in [2.45, 2.75) is 32.2 Å². The number of nitrogens with zero attached hydrogens (tertiary/aromatic N) is 2. The predicted octanol–water partition coefficient (Wildman–Crippen LogP) is 4.24. The van der Waals surface area contributed by atoms with Crippen LogP contribution in [0.25, 0.3) is 11.0 Å². The molecule has 2 aromatic carbocycles. The van der Waals surface area contributed by atoms with Gasteiger partial charge in [0.25, 0.3) is 5.91 Å². The van der Waals surface area contributed by atoms with Crippen molar-refractivity contribution < 1.29 is 13.9 Å². The molecular formula is C25H23N3O4. The van der Waals surface area contributed by atoms with Crippen LogP contribution in [0.15, 0.2) is 70.0 Å². The molecule has 2 aromatic heterocycles. The maximum atomic E-state index is 12.7. The fourth-order valence-corrected chi connectivity index (χ4v) is 4.27. The van der Waals surface area contributed by atoms with E-state index in [1.54, 1.807) is 30.5 Å². The largest absolute Gasteiger partial charge is 0.484 e. The predicted molar refractivity (Wildman–Crippen MR) is 121 cm³/mol. The third-order valence-electron chi connectivity index (χ3n) is 5.83. The molecule has 0 aliphatic heterocycles. The van der Waals surface area contributed by atoms with Gasteiger partial charge in [-0.1, -0.05) is 24.3 Å². The Labute approximate surface area is 184 Å². The first-order valence-electron chi connectivity index (χ1n) is 10.7. The van der Waals surface area contributed by atoms with Crippen molar-refractivity contribution in [3.05, 3.63) is 87.9 Å². The van der Waals surface area contributed by atoms with Crippen molar-refractivity contribution in [1.82, 2.24) is 9.78 Å². The molecule has 0 bridgehead atoms. The Morgan fingerprint density at radius 1 is 1.22 bits per heavy atom. The van der Waals surface area contributed by atoms with E-state index < -0.39 is 5.63 Å². The van der Waals surface area contributed by atoms with Crippen LogP contribution in [0.1, 0.15) is 35.6 Å². The molecule has 0 saturated heterocycles. The van der Waals surface area contributed by atoms with Crippen molar-refractivity contribution in [1.29, 1.82) is 0 Å². The number of nitrogens with one attached hydrogen (secondary N) is 1. The zero-order valence-electron chi connectivity index (χ0n) is 17.7. The summed E-state index contributed by atoms with van der Waals surface area (Å²) in [6.45, 7) is 1.76. The van der Waals surface area contributed by atoms with Gasteiger partial charge in [0, 0.05) is 23.1 Å². The molecule has 1 aliphatic rings. The number of carbonyl (C=O) groups is 1. The second-order valence-corrected chi connectivity index (χ2v) is 8.02. The Kier molecular flexibility index (Phi) is 5.23. The van der Waals surface area contributed by atoms with Crippen molar-refractivity contribution in [3.63, 3.8) is 0 Å². The lowest BCUT2D eigenvalue weighted by Crippen LogP contribution is -2.25. The summed E-state index contributed by atoms with van der Waals surface area (Å²) >= 11 is 0. The van der Waals surface area contributed by atoms with E-state index in [0.29, 0.717) is 17.2 Å². The summed E-state index contributed by atoms with van der Waals surface area (Å²) in [5, 5.41) is 8.32. The molecule has 1 atom stereocenters. The lowest BCUT2D eigenvalue weighted by molar-refractivity contribution is -0.118. The minimum Gasteiger partial charge on any atom is -0.484 e. The molecule has 7 heteroatoms. The third kappa shape index (κ3) is 3.89. The van der Waals surface area contributed by atoms with E-state index >= 15 is 0 Å². The molecule has 32 heavy (non-hydrogen) atoms. The Morgan fingerprint density at radius 3 is 2.97 bits per heavy atom. The van der Waals surface area contributed by atoms with E-state index in [0.717, 1.165) is 30.2 Å². The lowest BCUT2D eigenvalue weighted by atomic mass is 9.88. The van der Waals surface area contributed by atoms with E-state index in [4.69, 9.17) is 9.15 Å². The van der Waals surface area contributed by atoms with E-state index in [1.807, 2.05) is 17.7 Å². The van der Waals surface area contributed by atoms with Gasteiger partial charge >= 0.3 is 5.63 Å². The molecule has 4 aromatic rings. The molecule has 0 spiro atoms. The van der Waals surface area contributed by atoms with Crippen LogP contribution in [0.3, 0.4) is 0 Å². The highest BCUT2D eigenvalue weighted by Crippen LogP contribution is 2.35. The molecule has 1 N–H and O–H groups in total. The van der Waals surface area contributed by atoms with Crippen molar-refractivity contribution in [2.75, 3.05) is 11.9 Å². The van der Waals surface area contributed by atoms with Crippen molar-refractivity contribution >= 4 is 22.7 Å². The van der Waals surface area contributed by atoms with E-state index in [2.05, 4.69) is 28.6 Å². The SMILES string of the molecule is Cc1cnn([C@H]2CCCc3ccccc32)c1NC(=O)COc1ccc2ccc(=O)oc2c1. The Morgan fingerprint density at radius 2 is 2.06 bits per heavy atom. The average molecular weight is 429 g/mol. The summed E-state index contributed by atoms with van der Waals surface area (Å²) in [6.07, 6.45) is 4.89. The van der Waals surface area contributed by atoms with Gasteiger partial charge in [-0.3, -0.25) is 4.79 Å². The van der Waals surface area contributed by atoms with E-state index in [1.165, 1.54) is 17.2 Å². The highest BCUT2D eigenvalue weighted by molar-refractivity contribution is 5.91. The standard InChI is InChI=1S/C25H23N3O4/c1-16-14-26-28(21-8-4-6-17-5-2-3-7-20(17)21)25(16)27-23(29)15-31-19-11-9-18-10-12-24(30)32-22(18)13-19/h2-3,5,7,9-14,21H,4,6,8,15H2,1H3,(H,27,29)/t21-/m0/s1. The number of amides is 1. The van der Waals surface area contributed by atoms with Gasteiger partial charge < -0.3 is 14.5 Å². The Bertz CT molecular complexity index is 1350. The normalized spacial score (nSPS) is 15.3. The smallest absolute Gasteiger partial charge is 0.336 e. The molecule has 0 radical (unpaired) electrons. The molecule has 0 saturated carbocycles. The molecular weight excluding hydrogens is 406 g/mol. The maximum Gasteiger partial charge on any atom is 0.336 e. The number of aryl methyl sites for hydroxylation is 2. The number of aromatic nitrogens is 2. The summed E-state index contributed by atoms with van der Waals surface area (Å²) in [4.78, 5) is 24.1. The number of carbonyl (C=O) groups excluding carboxylic acids is 1. The highest BCUT2D eigenvalue weighted by Gasteiger charge is 2.25. The molecule has 162 valence electrons. The number of rotatable bonds is 5. The molecule has 1 aliphatic carbocycles. The maximum absolute atomic E-state index is 12.7. The van der Waals surface area contributed by atoms with Gasteiger partial charge in [-0.2, -0.15) is 5.10 Å². The molecule has 7 nitrogen and oxygen atoms in total. The lowest BCUT2D eigenvalue weighted by Gasteiger charge is -2.27. The van der Waals surface area contributed by atoms with Crippen molar-refractivity contribution in [2.24, 2.45) is 0 Å². The van der Waals surface area contributed by atoms with E-state index in [9.17, 15) is 9.59 Å². The zero-order chi connectivity index (χ0) is 22.1. The van der Waals surface area contributed by atoms with Gasteiger partial charge in [-0.25, -0.2) is 9.48 Å². The van der Waals surface area contributed by atoms with Crippen LogP contribution in [0.4, 0.5) is 5.82 Å². The Hall–Kier alpha value is -3.87. The number of hydrogen-bond donors (Lipinski definition) is 1. The fraction of sp³-hybridized carbons (Fsp3) is 0.240. The van der Waals surface area contributed by atoms with Gasteiger partial charge in [0.05, 0.1) is 12.2 Å². The summed E-state index contributed by atoms with van der Waals surface area (Å²) in [5.74, 6) is 0.854. The van der Waals surface area contributed by atoms with Crippen LogP contribution in [-0.2, 0) is 11.2 Å². The topological polar surface area (TPSA) is 86.4 Å². The first-order valence-corrected chi connectivity index (χ1v) is 10.7. The molecule has 0 unspecified atom stereocenters. The Balaban J connectivity index is 1.32. The molecule has 2 heterocycles. The first kappa shape index (κ1) is 20.1. The van der Waals surface area contributed by atoms with Gasteiger partial charge in [0.1, 0.15) is 17.2 Å². The molecule has 1 amide bonds. The van der Waals surface area contributed by atoms with Crippen LogP contribution < -0.4 is 15.7 Å². The number of benzene rings is 2. The van der Waals surface area contributed by atoms with Crippen LogP contribution in [-0.4, -0.2) is 22.3 Å². The number of fused-ring (bicyclic) bond motifs is 2. The summed E-state index contributed by atoms with van der Waals surface area (Å²) in [6, 6.07) is 16.7. The van der Waals surface area contributed by atoms with Crippen LogP contribution in [0.2, 0.25) is 0 Å². The van der Waals surface area contributed by atoms with Gasteiger partial charge in [-0.05, 0) is 55.5 Å². The summed E-state index contributed by atoms with van der Waals surface area (Å²) in [7, 11) is 0. The van der Waals surface area contributed by atoms with Crippen molar-refractivity contribution in [3.8, 4) is 5.75 Å². The van der Waals surface area contributed by atoms with Crippen LogP contribution in [0.5, 0.6) is 5.75 Å². The monoisotopic (exact) mass is 429 g/mol. The first-order chi connectivity index (χ1) is 15.6. The van der Waals surface area contributed by atoms with Crippen LogP contribution >= 0.6 is 0 Å².